The molecule has 1 N–H and O–H groups in total. The summed E-state index contributed by atoms with van der Waals surface area (Å²) < 4.78 is 0. The number of thiophene rings is 1. The Morgan fingerprint density at radius 3 is 2.95 bits per heavy atom. The summed E-state index contributed by atoms with van der Waals surface area (Å²) in [6, 6.07) is 9.15. The van der Waals surface area contributed by atoms with Crippen LogP contribution in [0.5, 0.6) is 0 Å². The molecule has 114 valence electrons. The fraction of sp³-hybridized carbons (Fsp3) is 0.200. The SMILES string of the molecule is O=C(NCc1cccs1)[C@H]1CC(c2ccc(Cl)c(Cl)c2)=NO1. The molecule has 1 aliphatic rings. The van der Waals surface area contributed by atoms with Crippen molar-refractivity contribution < 1.29 is 9.63 Å². The average molecular weight is 355 g/mol. The molecule has 0 aliphatic carbocycles. The van der Waals surface area contributed by atoms with Crippen molar-refractivity contribution in [3.05, 3.63) is 56.2 Å². The third-order valence-corrected chi connectivity index (χ3v) is 4.85. The minimum absolute atomic E-state index is 0.174. The monoisotopic (exact) mass is 354 g/mol. The summed E-state index contributed by atoms with van der Waals surface area (Å²) in [5.41, 5.74) is 1.50. The van der Waals surface area contributed by atoms with Gasteiger partial charge in [0.25, 0.3) is 5.91 Å². The molecule has 1 aromatic heterocycles. The molecule has 2 aromatic rings. The molecule has 1 aromatic carbocycles. The van der Waals surface area contributed by atoms with Crippen LogP contribution >= 0.6 is 34.5 Å². The van der Waals surface area contributed by atoms with E-state index in [9.17, 15) is 4.79 Å². The van der Waals surface area contributed by atoms with Crippen molar-refractivity contribution in [2.24, 2.45) is 5.16 Å². The van der Waals surface area contributed by atoms with E-state index in [-0.39, 0.29) is 5.91 Å². The lowest BCUT2D eigenvalue weighted by Crippen LogP contribution is -2.34. The van der Waals surface area contributed by atoms with Gasteiger partial charge in [-0.2, -0.15) is 0 Å². The van der Waals surface area contributed by atoms with Gasteiger partial charge in [-0.25, -0.2) is 0 Å². The molecule has 22 heavy (non-hydrogen) atoms. The number of rotatable bonds is 4. The molecule has 0 spiro atoms. The van der Waals surface area contributed by atoms with Gasteiger partial charge in [-0.15, -0.1) is 11.3 Å². The van der Waals surface area contributed by atoms with E-state index >= 15 is 0 Å². The van der Waals surface area contributed by atoms with Gasteiger partial charge in [-0.1, -0.05) is 40.5 Å². The van der Waals surface area contributed by atoms with Crippen LogP contribution in [-0.4, -0.2) is 17.7 Å². The van der Waals surface area contributed by atoms with Gasteiger partial charge in [0.1, 0.15) is 0 Å². The second-order valence-electron chi connectivity index (χ2n) is 4.76. The Bertz CT molecular complexity index is 716. The summed E-state index contributed by atoms with van der Waals surface area (Å²) in [5, 5.41) is 9.73. The number of hydrogen-bond donors (Lipinski definition) is 1. The number of hydrogen-bond acceptors (Lipinski definition) is 4. The number of halogens is 2. The van der Waals surface area contributed by atoms with Gasteiger partial charge in [0.15, 0.2) is 0 Å². The Morgan fingerprint density at radius 1 is 1.36 bits per heavy atom. The first kappa shape index (κ1) is 15.3. The predicted molar refractivity (Wildman–Crippen MR) is 88.7 cm³/mol. The van der Waals surface area contributed by atoms with E-state index in [1.165, 1.54) is 0 Å². The zero-order valence-electron chi connectivity index (χ0n) is 11.4. The molecule has 0 fully saturated rings. The van der Waals surface area contributed by atoms with Gasteiger partial charge >= 0.3 is 0 Å². The van der Waals surface area contributed by atoms with E-state index in [0.717, 1.165) is 10.4 Å². The minimum atomic E-state index is -0.607. The summed E-state index contributed by atoms with van der Waals surface area (Å²) in [4.78, 5) is 18.4. The minimum Gasteiger partial charge on any atom is -0.382 e. The third-order valence-electron chi connectivity index (χ3n) is 3.23. The Morgan fingerprint density at radius 2 is 2.23 bits per heavy atom. The van der Waals surface area contributed by atoms with E-state index in [4.69, 9.17) is 28.0 Å². The zero-order chi connectivity index (χ0) is 15.5. The van der Waals surface area contributed by atoms with Crippen LogP contribution in [0.2, 0.25) is 10.0 Å². The highest BCUT2D eigenvalue weighted by Crippen LogP contribution is 2.25. The van der Waals surface area contributed by atoms with Gasteiger partial charge in [0.2, 0.25) is 6.10 Å². The normalized spacial score (nSPS) is 17.0. The first-order valence-electron chi connectivity index (χ1n) is 6.61. The summed E-state index contributed by atoms with van der Waals surface area (Å²) in [7, 11) is 0. The summed E-state index contributed by atoms with van der Waals surface area (Å²) in [5.74, 6) is -0.174. The fourth-order valence-electron chi connectivity index (χ4n) is 2.07. The predicted octanol–water partition coefficient (Wildman–Crippen LogP) is 3.86. The number of nitrogens with zero attached hydrogens (tertiary/aromatic N) is 1. The van der Waals surface area contributed by atoms with Crippen molar-refractivity contribution in [3.63, 3.8) is 0 Å². The molecule has 1 amide bonds. The average Bonchev–Trinajstić information content (AvgIpc) is 3.18. The zero-order valence-corrected chi connectivity index (χ0v) is 13.7. The summed E-state index contributed by atoms with van der Waals surface area (Å²) in [6.07, 6.45) is -0.196. The highest BCUT2D eigenvalue weighted by Gasteiger charge is 2.28. The van der Waals surface area contributed by atoms with E-state index in [0.29, 0.717) is 28.7 Å². The number of amides is 1. The van der Waals surface area contributed by atoms with Gasteiger partial charge in [0, 0.05) is 16.9 Å². The van der Waals surface area contributed by atoms with Crippen LogP contribution < -0.4 is 5.32 Å². The lowest BCUT2D eigenvalue weighted by Gasteiger charge is -2.08. The third kappa shape index (κ3) is 3.43. The number of carbonyl (C=O) groups excluding carboxylic acids is 1. The smallest absolute Gasteiger partial charge is 0.264 e. The van der Waals surface area contributed by atoms with E-state index in [2.05, 4.69) is 10.5 Å². The van der Waals surface area contributed by atoms with Gasteiger partial charge in [0.05, 0.1) is 22.3 Å². The van der Waals surface area contributed by atoms with Crippen molar-refractivity contribution in [3.8, 4) is 0 Å². The Hall–Kier alpha value is -1.56. The van der Waals surface area contributed by atoms with Gasteiger partial charge < -0.3 is 10.2 Å². The lowest BCUT2D eigenvalue weighted by atomic mass is 10.0. The van der Waals surface area contributed by atoms with Crippen molar-refractivity contribution in [1.29, 1.82) is 0 Å². The molecule has 4 nitrogen and oxygen atoms in total. The fourth-order valence-corrected chi connectivity index (χ4v) is 3.01. The highest BCUT2D eigenvalue weighted by molar-refractivity contribution is 7.09. The van der Waals surface area contributed by atoms with Crippen LogP contribution in [0.15, 0.2) is 40.9 Å². The Balaban J connectivity index is 1.58. The maximum atomic E-state index is 12.1. The number of carbonyl (C=O) groups is 1. The Kier molecular flexibility index (Phi) is 4.66. The molecule has 0 unspecified atom stereocenters. The molecule has 0 radical (unpaired) electrons. The van der Waals surface area contributed by atoms with E-state index in [1.807, 2.05) is 23.6 Å². The first-order valence-corrected chi connectivity index (χ1v) is 8.25. The van der Waals surface area contributed by atoms with Crippen LogP contribution in [0.25, 0.3) is 0 Å². The van der Waals surface area contributed by atoms with Gasteiger partial charge in [-0.05, 0) is 23.6 Å². The second kappa shape index (κ2) is 6.69. The molecule has 0 bridgehead atoms. The maximum Gasteiger partial charge on any atom is 0.264 e. The molecule has 7 heteroatoms. The van der Waals surface area contributed by atoms with Crippen LogP contribution in [0.1, 0.15) is 16.9 Å². The molecule has 2 heterocycles. The van der Waals surface area contributed by atoms with Crippen LogP contribution in [-0.2, 0) is 16.2 Å². The van der Waals surface area contributed by atoms with Crippen LogP contribution in [0, 0.1) is 0 Å². The largest absolute Gasteiger partial charge is 0.382 e. The summed E-state index contributed by atoms with van der Waals surface area (Å²) in [6.45, 7) is 0.498. The van der Waals surface area contributed by atoms with E-state index < -0.39 is 6.10 Å². The van der Waals surface area contributed by atoms with E-state index in [1.54, 1.807) is 23.5 Å². The van der Waals surface area contributed by atoms with Crippen molar-refractivity contribution in [2.45, 2.75) is 19.1 Å². The lowest BCUT2D eigenvalue weighted by molar-refractivity contribution is -0.131. The molecule has 0 saturated carbocycles. The molecule has 3 rings (SSSR count). The molecule has 1 atom stereocenters. The van der Waals surface area contributed by atoms with Crippen molar-refractivity contribution in [2.75, 3.05) is 0 Å². The highest BCUT2D eigenvalue weighted by atomic mass is 35.5. The molecule has 0 saturated heterocycles. The van der Waals surface area contributed by atoms with Crippen LogP contribution in [0.4, 0.5) is 0 Å². The van der Waals surface area contributed by atoms with Gasteiger partial charge in [-0.3, -0.25) is 4.79 Å². The van der Waals surface area contributed by atoms with Crippen LogP contribution in [0.3, 0.4) is 0 Å². The topological polar surface area (TPSA) is 50.7 Å². The molecule has 1 aliphatic heterocycles. The van der Waals surface area contributed by atoms with Crippen molar-refractivity contribution in [1.82, 2.24) is 5.32 Å². The van der Waals surface area contributed by atoms with Crippen molar-refractivity contribution >= 4 is 46.2 Å². The number of benzene rings is 1. The quantitative estimate of drug-likeness (QED) is 0.905. The number of nitrogens with one attached hydrogen (secondary N) is 1. The first-order chi connectivity index (χ1) is 10.6. The maximum absolute atomic E-state index is 12.1. The molecular formula is C15H12Cl2N2O2S. The second-order valence-corrected chi connectivity index (χ2v) is 6.61. The Labute approximate surface area is 141 Å². The number of oxime groups is 1. The standard InChI is InChI=1S/C15H12Cl2N2O2S/c16-11-4-3-9(6-12(11)17)13-7-14(21-19-13)15(20)18-8-10-2-1-5-22-10/h1-6,14H,7-8H2,(H,18,20)/t14-/m1/s1. The molecular weight excluding hydrogens is 343 g/mol. The summed E-state index contributed by atoms with van der Waals surface area (Å²) >= 11 is 13.5.